The molecular formula is C27H29FN4. The Hall–Kier alpha value is -3.39. The molecule has 0 saturated heterocycles. The molecule has 4 aromatic rings. The molecule has 4 rings (SSSR count). The monoisotopic (exact) mass is 428 g/mol. The molecule has 5 heteroatoms. The average molecular weight is 429 g/mol. The van der Waals surface area contributed by atoms with Crippen LogP contribution in [0, 0.1) is 24.1 Å². The predicted octanol–water partition coefficient (Wildman–Crippen LogP) is 7.45. The maximum atomic E-state index is 13.5. The van der Waals surface area contributed by atoms with Crippen LogP contribution in [0.25, 0.3) is 16.7 Å². The van der Waals surface area contributed by atoms with E-state index in [1.165, 1.54) is 44.2 Å². The largest absolute Gasteiger partial charge is 0.341 e. The molecule has 0 amide bonds. The van der Waals surface area contributed by atoms with Crippen LogP contribution in [0.5, 0.6) is 0 Å². The Morgan fingerprint density at radius 2 is 1.72 bits per heavy atom. The molecule has 0 radical (unpaired) electrons. The predicted molar refractivity (Wildman–Crippen MR) is 129 cm³/mol. The third-order valence-corrected chi connectivity index (χ3v) is 6.12. The molecule has 0 saturated carbocycles. The minimum Gasteiger partial charge on any atom is -0.341 e. The summed E-state index contributed by atoms with van der Waals surface area (Å²) in [6.07, 6.45) is 8.12. The van der Waals surface area contributed by atoms with Gasteiger partial charge in [-0.3, -0.25) is 4.40 Å². The third kappa shape index (κ3) is 4.31. The molecule has 2 aromatic carbocycles. The van der Waals surface area contributed by atoms with E-state index in [4.69, 9.17) is 4.98 Å². The van der Waals surface area contributed by atoms with Crippen LogP contribution in [0.2, 0.25) is 0 Å². The number of aromatic nitrogens is 2. The number of unbranched alkanes of at least 4 members (excludes halogenated alkanes) is 5. The molecule has 0 unspecified atom stereocenters. The standard InChI is InChI=1S/C27H29FN4/c1-3-4-5-6-7-8-11-22-19(2)23(18-29)27-31-24-12-9-10-13-25(24)32(27)26(22)30-21-16-14-20(28)15-17-21/h9-10,12-17,30H,3-8,11H2,1-2H3. The highest BCUT2D eigenvalue weighted by Gasteiger charge is 2.20. The van der Waals surface area contributed by atoms with E-state index < -0.39 is 0 Å². The highest BCUT2D eigenvalue weighted by molar-refractivity contribution is 5.87. The van der Waals surface area contributed by atoms with Gasteiger partial charge in [0.05, 0.1) is 16.6 Å². The molecule has 0 bridgehead atoms. The first kappa shape index (κ1) is 21.8. The van der Waals surface area contributed by atoms with Crippen molar-refractivity contribution in [3.05, 3.63) is 71.0 Å². The number of halogens is 1. The van der Waals surface area contributed by atoms with Gasteiger partial charge in [-0.2, -0.15) is 5.26 Å². The number of pyridine rings is 1. The second-order valence-corrected chi connectivity index (χ2v) is 8.35. The average Bonchev–Trinajstić information content (AvgIpc) is 3.18. The van der Waals surface area contributed by atoms with Crippen LogP contribution in [0.4, 0.5) is 15.9 Å². The molecule has 0 spiro atoms. The van der Waals surface area contributed by atoms with Crippen LogP contribution >= 0.6 is 0 Å². The third-order valence-electron chi connectivity index (χ3n) is 6.12. The molecule has 32 heavy (non-hydrogen) atoms. The zero-order valence-corrected chi connectivity index (χ0v) is 18.8. The molecule has 164 valence electrons. The summed E-state index contributed by atoms with van der Waals surface area (Å²) in [6, 6.07) is 16.7. The summed E-state index contributed by atoms with van der Waals surface area (Å²) in [4.78, 5) is 4.77. The summed E-state index contributed by atoms with van der Waals surface area (Å²) in [5, 5.41) is 13.5. The van der Waals surface area contributed by atoms with Crippen molar-refractivity contribution < 1.29 is 4.39 Å². The number of nitriles is 1. The van der Waals surface area contributed by atoms with E-state index in [-0.39, 0.29) is 5.82 Å². The molecule has 0 aliphatic rings. The summed E-state index contributed by atoms with van der Waals surface area (Å²) in [5.74, 6) is 0.641. The Morgan fingerprint density at radius 1 is 1.00 bits per heavy atom. The van der Waals surface area contributed by atoms with Crippen LogP contribution in [0.3, 0.4) is 0 Å². The number of para-hydroxylation sites is 2. The van der Waals surface area contributed by atoms with E-state index in [9.17, 15) is 9.65 Å². The van der Waals surface area contributed by atoms with E-state index in [0.717, 1.165) is 46.5 Å². The van der Waals surface area contributed by atoms with Crippen molar-refractivity contribution in [3.63, 3.8) is 0 Å². The Morgan fingerprint density at radius 3 is 2.47 bits per heavy atom. The number of benzene rings is 2. The Balaban J connectivity index is 1.83. The quantitative estimate of drug-likeness (QED) is 0.282. The van der Waals surface area contributed by atoms with E-state index in [1.54, 1.807) is 12.1 Å². The Bertz CT molecular complexity index is 1270. The van der Waals surface area contributed by atoms with E-state index >= 15 is 0 Å². The molecule has 0 aliphatic carbocycles. The van der Waals surface area contributed by atoms with Crippen LogP contribution < -0.4 is 5.32 Å². The van der Waals surface area contributed by atoms with Crippen molar-refractivity contribution in [2.24, 2.45) is 0 Å². The highest BCUT2D eigenvalue weighted by atomic mass is 19.1. The van der Waals surface area contributed by atoms with E-state index in [0.29, 0.717) is 11.2 Å². The fraction of sp³-hybridized carbons (Fsp3) is 0.333. The number of imidazole rings is 1. The number of fused-ring (bicyclic) bond motifs is 3. The molecule has 2 heterocycles. The lowest BCUT2D eigenvalue weighted by Gasteiger charge is -2.19. The highest BCUT2D eigenvalue weighted by Crippen LogP contribution is 2.33. The molecule has 0 fully saturated rings. The smallest absolute Gasteiger partial charge is 0.157 e. The summed E-state index contributed by atoms with van der Waals surface area (Å²) in [6.45, 7) is 4.24. The van der Waals surface area contributed by atoms with Crippen molar-refractivity contribution in [3.8, 4) is 6.07 Å². The first-order chi connectivity index (χ1) is 15.6. The molecule has 2 aromatic heterocycles. The Kier molecular flexibility index (Phi) is 6.70. The molecule has 0 atom stereocenters. The van der Waals surface area contributed by atoms with Gasteiger partial charge in [0, 0.05) is 5.69 Å². The number of hydrogen-bond donors (Lipinski definition) is 1. The second kappa shape index (κ2) is 9.82. The van der Waals surface area contributed by atoms with Crippen molar-refractivity contribution >= 4 is 28.2 Å². The number of anilines is 2. The van der Waals surface area contributed by atoms with Gasteiger partial charge in [-0.15, -0.1) is 0 Å². The molecule has 0 aliphatic heterocycles. The van der Waals surface area contributed by atoms with Crippen LogP contribution in [-0.4, -0.2) is 9.38 Å². The molecular weight excluding hydrogens is 399 g/mol. The van der Waals surface area contributed by atoms with Crippen molar-refractivity contribution in [1.29, 1.82) is 5.26 Å². The van der Waals surface area contributed by atoms with Gasteiger partial charge in [-0.05, 0) is 67.3 Å². The first-order valence-electron chi connectivity index (χ1n) is 11.5. The van der Waals surface area contributed by atoms with Crippen LogP contribution in [0.15, 0.2) is 48.5 Å². The zero-order chi connectivity index (χ0) is 22.5. The summed E-state index contributed by atoms with van der Waals surface area (Å²) < 4.78 is 15.5. The number of nitrogens with one attached hydrogen (secondary N) is 1. The van der Waals surface area contributed by atoms with Gasteiger partial charge in [-0.1, -0.05) is 51.2 Å². The zero-order valence-electron chi connectivity index (χ0n) is 18.8. The van der Waals surface area contributed by atoms with Gasteiger partial charge >= 0.3 is 0 Å². The summed E-state index contributed by atoms with van der Waals surface area (Å²) in [7, 11) is 0. The lowest BCUT2D eigenvalue weighted by atomic mass is 9.98. The van der Waals surface area contributed by atoms with Gasteiger partial charge < -0.3 is 5.32 Å². The minimum atomic E-state index is -0.267. The van der Waals surface area contributed by atoms with Crippen LogP contribution in [0.1, 0.15) is 62.1 Å². The Labute approximate surface area is 188 Å². The molecule has 4 nitrogen and oxygen atoms in total. The van der Waals surface area contributed by atoms with Crippen molar-refractivity contribution in [2.75, 3.05) is 5.32 Å². The SMILES string of the molecule is CCCCCCCCc1c(C)c(C#N)c2nc3ccccc3n2c1Nc1ccc(F)cc1. The molecule has 1 N–H and O–H groups in total. The van der Waals surface area contributed by atoms with Gasteiger partial charge in [0.15, 0.2) is 5.65 Å². The van der Waals surface area contributed by atoms with E-state index in [2.05, 4.69) is 22.7 Å². The van der Waals surface area contributed by atoms with Crippen molar-refractivity contribution in [1.82, 2.24) is 9.38 Å². The summed E-state index contributed by atoms with van der Waals surface area (Å²) in [5.41, 5.74) is 5.97. The fourth-order valence-electron chi connectivity index (χ4n) is 4.37. The van der Waals surface area contributed by atoms with Gasteiger partial charge in [0.2, 0.25) is 0 Å². The van der Waals surface area contributed by atoms with Gasteiger partial charge in [0.1, 0.15) is 17.7 Å². The summed E-state index contributed by atoms with van der Waals surface area (Å²) >= 11 is 0. The van der Waals surface area contributed by atoms with Crippen molar-refractivity contribution in [2.45, 2.75) is 58.8 Å². The lowest BCUT2D eigenvalue weighted by molar-refractivity contribution is 0.607. The lowest BCUT2D eigenvalue weighted by Crippen LogP contribution is -2.08. The normalized spacial score (nSPS) is 11.2. The van der Waals surface area contributed by atoms with Crippen LogP contribution in [-0.2, 0) is 6.42 Å². The first-order valence-corrected chi connectivity index (χ1v) is 11.5. The maximum absolute atomic E-state index is 13.5. The van der Waals surface area contributed by atoms with E-state index in [1.807, 2.05) is 31.2 Å². The maximum Gasteiger partial charge on any atom is 0.157 e. The number of nitrogens with zero attached hydrogens (tertiary/aromatic N) is 3. The van der Waals surface area contributed by atoms with Gasteiger partial charge in [0.25, 0.3) is 0 Å². The fourth-order valence-corrected chi connectivity index (χ4v) is 4.37. The second-order valence-electron chi connectivity index (χ2n) is 8.35. The minimum absolute atomic E-state index is 0.267. The number of hydrogen-bond acceptors (Lipinski definition) is 3. The topological polar surface area (TPSA) is 53.1 Å². The van der Waals surface area contributed by atoms with Gasteiger partial charge in [-0.25, -0.2) is 9.37 Å². The number of rotatable bonds is 9.